The van der Waals surface area contributed by atoms with Gasteiger partial charge in [-0.3, -0.25) is 0 Å². The van der Waals surface area contributed by atoms with Gasteiger partial charge in [0.25, 0.3) is 5.78 Å². The molecule has 0 amide bonds. The minimum absolute atomic E-state index is 0.482. The number of rotatable bonds is 6. The van der Waals surface area contributed by atoms with Gasteiger partial charge in [-0.1, -0.05) is 73.5 Å². The lowest BCUT2D eigenvalue weighted by atomic mass is 9.96. The monoisotopic (exact) mass is 430 g/mol. The average molecular weight is 431 g/mol. The number of benzene rings is 2. The molecule has 0 saturated heterocycles. The highest BCUT2D eigenvalue weighted by atomic mass is 35.5. The smallest absolute Gasteiger partial charge is 0.201 e. The lowest BCUT2D eigenvalue weighted by Crippen LogP contribution is -2.08. The van der Waals surface area contributed by atoms with Crippen LogP contribution in [-0.4, -0.2) is 40.2 Å². The van der Waals surface area contributed by atoms with E-state index in [4.69, 9.17) is 11.6 Å². The van der Waals surface area contributed by atoms with Crippen LogP contribution < -0.4 is 0 Å². The number of hydrogen-bond acceptors (Lipinski definition) is 6. The molecule has 0 atom stereocenters. The van der Waals surface area contributed by atoms with Gasteiger partial charge in [0.1, 0.15) is 11.5 Å². The van der Waals surface area contributed by atoms with E-state index in [1.165, 1.54) is 6.33 Å². The fraction of sp³-hybridized carbons (Fsp3) is 0.182. The standard InChI is InChI=1S/C22H19ClN8/c1-2-5-19-18(20(23)26-22-24-13-25-31(19)22)12-14-8-10-15(11-9-14)16-6-3-4-7-17(16)21-27-29-30-28-21/h3-4,6-11,13H,2,5,12H2,1H3,(H,27,28,29,30). The number of hydrogen-bond donors (Lipinski definition) is 1. The summed E-state index contributed by atoms with van der Waals surface area (Å²) >= 11 is 6.54. The van der Waals surface area contributed by atoms with Gasteiger partial charge in [-0.15, -0.1) is 10.2 Å². The Morgan fingerprint density at radius 3 is 2.58 bits per heavy atom. The van der Waals surface area contributed by atoms with Gasteiger partial charge in [-0.05, 0) is 28.3 Å². The highest BCUT2D eigenvalue weighted by Crippen LogP contribution is 2.30. The third-order valence-corrected chi connectivity index (χ3v) is 5.54. The summed E-state index contributed by atoms with van der Waals surface area (Å²) in [7, 11) is 0. The summed E-state index contributed by atoms with van der Waals surface area (Å²) in [6.45, 7) is 2.14. The number of nitrogens with zero attached hydrogens (tertiary/aromatic N) is 7. The largest absolute Gasteiger partial charge is 0.253 e. The molecule has 154 valence electrons. The highest BCUT2D eigenvalue weighted by molar-refractivity contribution is 6.30. The molecular weight excluding hydrogens is 412 g/mol. The molecule has 0 fully saturated rings. The van der Waals surface area contributed by atoms with Gasteiger partial charge in [0.15, 0.2) is 0 Å². The molecule has 0 aliphatic heterocycles. The molecule has 0 aliphatic carbocycles. The van der Waals surface area contributed by atoms with Crippen LogP contribution in [0.5, 0.6) is 0 Å². The summed E-state index contributed by atoms with van der Waals surface area (Å²) in [4.78, 5) is 8.60. The van der Waals surface area contributed by atoms with Crippen molar-refractivity contribution in [3.8, 4) is 22.5 Å². The number of fused-ring (bicyclic) bond motifs is 1. The fourth-order valence-corrected chi connectivity index (χ4v) is 4.04. The zero-order valence-electron chi connectivity index (χ0n) is 16.8. The molecule has 5 rings (SSSR count). The predicted molar refractivity (Wildman–Crippen MR) is 118 cm³/mol. The van der Waals surface area contributed by atoms with Crippen LogP contribution in [-0.2, 0) is 12.8 Å². The highest BCUT2D eigenvalue weighted by Gasteiger charge is 2.16. The molecule has 3 heterocycles. The van der Waals surface area contributed by atoms with Gasteiger partial charge in [-0.2, -0.15) is 20.3 Å². The summed E-state index contributed by atoms with van der Waals surface area (Å²) < 4.78 is 1.79. The zero-order valence-corrected chi connectivity index (χ0v) is 17.6. The van der Waals surface area contributed by atoms with Crippen molar-refractivity contribution in [3.63, 3.8) is 0 Å². The van der Waals surface area contributed by atoms with Gasteiger partial charge in [0, 0.05) is 17.5 Å². The Morgan fingerprint density at radius 1 is 1.03 bits per heavy atom. The molecule has 0 aliphatic rings. The molecule has 0 bridgehead atoms. The van der Waals surface area contributed by atoms with E-state index >= 15 is 0 Å². The Bertz CT molecular complexity index is 1330. The second kappa shape index (κ2) is 8.23. The van der Waals surface area contributed by atoms with E-state index in [1.807, 2.05) is 18.2 Å². The number of H-pyrrole nitrogens is 1. The minimum Gasteiger partial charge on any atom is -0.201 e. The van der Waals surface area contributed by atoms with Crippen molar-refractivity contribution in [2.75, 3.05) is 0 Å². The maximum Gasteiger partial charge on any atom is 0.253 e. The Kier molecular flexibility index (Phi) is 5.13. The van der Waals surface area contributed by atoms with Crippen molar-refractivity contribution < 1.29 is 0 Å². The Hall–Kier alpha value is -3.65. The quantitative estimate of drug-likeness (QED) is 0.406. The van der Waals surface area contributed by atoms with Gasteiger partial charge < -0.3 is 0 Å². The van der Waals surface area contributed by atoms with Crippen molar-refractivity contribution in [2.45, 2.75) is 26.2 Å². The van der Waals surface area contributed by atoms with Crippen LogP contribution >= 0.6 is 11.6 Å². The molecule has 0 spiro atoms. The SMILES string of the molecule is CCCc1c(Cc2ccc(-c3ccccc3-c3nn[nH]n3)cc2)c(Cl)nc2ncnn12. The minimum atomic E-state index is 0.482. The number of tetrazole rings is 1. The second-order valence-electron chi connectivity index (χ2n) is 7.20. The van der Waals surface area contributed by atoms with Gasteiger partial charge in [0.05, 0.1) is 5.69 Å². The van der Waals surface area contributed by atoms with E-state index in [0.29, 0.717) is 23.2 Å². The van der Waals surface area contributed by atoms with Crippen LogP contribution in [0.4, 0.5) is 0 Å². The molecule has 0 saturated carbocycles. The maximum atomic E-state index is 6.54. The van der Waals surface area contributed by atoms with Crippen LogP contribution in [0.2, 0.25) is 5.15 Å². The number of nitrogens with one attached hydrogen (secondary N) is 1. The first kappa shape index (κ1) is 19.3. The van der Waals surface area contributed by atoms with Gasteiger partial charge in [-0.25, -0.2) is 4.52 Å². The summed E-state index contributed by atoms with van der Waals surface area (Å²) in [5, 5.41) is 19.2. The van der Waals surface area contributed by atoms with E-state index in [0.717, 1.165) is 46.4 Å². The number of halogens is 1. The Balaban J connectivity index is 1.49. The second-order valence-corrected chi connectivity index (χ2v) is 7.56. The zero-order chi connectivity index (χ0) is 21.2. The first-order valence-electron chi connectivity index (χ1n) is 10.0. The van der Waals surface area contributed by atoms with Crippen molar-refractivity contribution in [2.24, 2.45) is 0 Å². The summed E-state index contributed by atoms with van der Waals surface area (Å²) in [5.74, 6) is 1.11. The normalized spacial score (nSPS) is 11.3. The number of aromatic nitrogens is 8. The van der Waals surface area contributed by atoms with Crippen molar-refractivity contribution in [3.05, 3.63) is 76.8 Å². The average Bonchev–Trinajstić information content (AvgIpc) is 3.49. The lowest BCUT2D eigenvalue weighted by molar-refractivity contribution is 0.777. The van der Waals surface area contributed by atoms with E-state index in [9.17, 15) is 0 Å². The topological polar surface area (TPSA) is 97.5 Å². The van der Waals surface area contributed by atoms with Crippen LogP contribution in [0, 0.1) is 0 Å². The summed E-state index contributed by atoms with van der Waals surface area (Å²) in [6, 6.07) is 16.4. The maximum absolute atomic E-state index is 6.54. The van der Waals surface area contributed by atoms with Gasteiger partial charge >= 0.3 is 0 Å². The fourth-order valence-electron chi connectivity index (χ4n) is 3.78. The van der Waals surface area contributed by atoms with E-state index in [-0.39, 0.29) is 0 Å². The molecule has 8 nitrogen and oxygen atoms in total. The molecule has 0 radical (unpaired) electrons. The molecule has 0 unspecified atom stereocenters. The Labute approximate surface area is 183 Å². The van der Waals surface area contributed by atoms with E-state index in [2.05, 4.69) is 72.9 Å². The lowest BCUT2D eigenvalue weighted by Gasteiger charge is -2.13. The summed E-state index contributed by atoms with van der Waals surface area (Å²) in [5.41, 5.74) is 6.24. The van der Waals surface area contributed by atoms with Gasteiger partial charge in [0.2, 0.25) is 5.82 Å². The number of aryl methyl sites for hydroxylation is 1. The van der Waals surface area contributed by atoms with Crippen molar-refractivity contribution in [1.29, 1.82) is 0 Å². The molecule has 5 aromatic rings. The van der Waals surface area contributed by atoms with Crippen LogP contribution in [0.25, 0.3) is 28.3 Å². The Morgan fingerprint density at radius 2 is 1.84 bits per heavy atom. The molecule has 1 N–H and O–H groups in total. The van der Waals surface area contributed by atoms with E-state index in [1.54, 1.807) is 4.52 Å². The van der Waals surface area contributed by atoms with Crippen LogP contribution in [0.1, 0.15) is 30.2 Å². The molecule has 9 heteroatoms. The first-order valence-corrected chi connectivity index (χ1v) is 10.4. The molecule has 31 heavy (non-hydrogen) atoms. The third-order valence-electron chi connectivity index (χ3n) is 5.23. The van der Waals surface area contributed by atoms with Crippen LogP contribution in [0.3, 0.4) is 0 Å². The van der Waals surface area contributed by atoms with E-state index < -0.39 is 0 Å². The summed E-state index contributed by atoms with van der Waals surface area (Å²) in [6.07, 6.45) is 4.02. The molecule has 2 aromatic carbocycles. The van der Waals surface area contributed by atoms with Crippen LogP contribution in [0.15, 0.2) is 54.9 Å². The molecular formula is C22H19ClN8. The number of aromatic amines is 1. The van der Waals surface area contributed by atoms with Crippen molar-refractivity contribution >= 4 is 17.4 Å². The van der Waals surface area contributed by atoms with Crippen molar-refractivity contribution in [1.82, 2.24) is 40.2 Å². The first-order chi connectivity index (χ1) is 15.2. The third kappa shape index (κ3) is 3.66. The molecule has 3 aromatic heterocycles. The predicted octanol–water partition coefficient (Wildman–Crippen LogP) is 4.17.